The van der Waals surface area contributed by atoms with E-state index in [1.807, 2.05) is 19.0 Å². The van der Waals surface area contributed by atoms with Crippen molar-refractivity contribution in [2.45, 2.75) is 13.5 Å². The number of furan rings is 1. The van der Waals surface area contributed by atoms with Gasteiger partial charge in [0, 0.05) is 23.1 Å². The number of aryl methyl sites for hydroxylation is 1. The van der Waals surface area contributed by atoms with Crippen molar-refractivity contribution in [2.75, 3.05) is 21.2 Å². The fraction of sp³-hybridized carbons (Fsp3) is 0.250. The number of carbonyl (C=O) groups is 1. The second-order valence-electron chi connectivity index (χ2n) is 6.27. The van der Waals surface area contributed by atoms with Gasteiger partial charge in [0.15, 0.2) is 5.78 Å². The van der Waals surface area contributed by atoms with Crippen LogP contribution >= 0.6 is 0 Å². The lowest BCUT2D eigenvalue weighted by Gasteiger charge is -2.13. The third-order valence-electron chi connectivity index (χ3n) is 4.17. The smallest absolute Gasteiger partial charge is 0.197 e. The van der Waals surface area contributed by atoms with Gasteiger partial charge >= 0.3 is 0 Å². The Bertz CT molecular complexity index is 923. The summed E-state index contributed by atoms with van der Waals surface area (Å²) < 4.78 is 10.9. The number of hydrogen-bond donors (Lipinski definition) is 1. The average Bonchev–Trinajstić information content (AvgIpc) is 2.93. The topological polar surface area (TPSA) is 62.9 Å². The molecule has 0 bridgehead atoms. The second-order valence-corrected chi connectivity index (χ2v) is 6.27. The van der Waals surface area contributed by atoms with Crippen molar-refractivity contribution in [2.24, 2.45) is 0 Å². The van der Waals surface area contributed by atoms with Crippen molar-refractivity contribution < 1.29 is 19.1 Å². The molecular weight excluding hydrogens is 318 g/mol. The molecular formula is C20H21NO4. The molecule has 0 fully saturated rings. The molecule has 0 aliphatic heterocycles. The predicted octanol–water partition coefficient (Wildman–Crippen LogP) is 3.75. The van der Waals surface area contributed by atoms with Gasteiger partial charge in [0.05, 0.1) is 12.7 Å². The first-order valence-electron chi connectivity index (χ1n) is 7.99. The summed E-state index contributed by atoms with van der Waals surface area (Å²) in [4.78, 5) is 15.0. The minimum atomic E-state index is -0.135. The van der Waals surface area contributed by atoms with Gasteiger partial charge in [-0.3, -0.25) is 4.79 Å². The lowest BCUT2D eigenvalue weighted by Crippen LogP contribution is -2.12. The maximum atomic E-state index is 13.1. The quantitative estimate of drug-likeness (QED) is 0.717. The first-order valence-corrected chi connectivity index (χ1v) is 7.99. The van der Waals surface area contributed by atoms with Gasteiger partial charge in [-0.1, -0.05) is 0 Å². The number of ketones is 1. The molecule has 3 rings (SSSR count). The Hall–Kier alpha value is -2.79. The zero-order valence-corrected chi connectivity index (χ0v) is 14.8. The number of aromatic hydroxyl groups is 1. The van der Waals surface area contributed by atoms with E-state index >= 15 is 0 Å². The minimum absolute atomic E-state index is 0.135. The van der Waals surface area contributed by atoms with E-state index in [9.17, 15) is 9.90 Å². The lowest BCUT2D eigenvalue weighted by molar-refractivity contribution is 0.103. The van der Waals surface area contributed by atoms with E-state index in [0.717, 1.165) is 0 Å². The molecule has 3 aromatic rings. The molecule has 0 spiro atoms. The molecule has 0 radical (unpaired) electrons. The number of benzene rings is 2. The Morgan fingerprint density at radius 2 is 1.84 bits per heavy atom. The normalized spacial score (nSPS) is 11.2. The Kier molecular flexibility index (Phi) is 4.51. The summed E-state index contributed by atoms with van der Waals surface area (Å²) in [6, 6.07) is 10.3. The number of methoxy groups -OCH3 is 1. The summed E-state index contributed by atoms with van der Waals surface area (Å²) in [7, 11) is 5.41. The second kappa shape index (κ2) is 6.61. The molecule has 5 nitrogen and oxygen atoms in total. The molecule has 130 valence electrons. The number of ether oxygens (including phenoxy) is 1. The molecule has 0 saturated carbocycles. The van der Waals surface area contributed by atoms with Crippen molar-refractivity contribution in [1.29, 1.82) is 0 Å². The van der Waals surface area contributed by atoms with Gasteiger partial charge in [-0.2, -0.15) is 0 Å². The Morgan fingerprint density at radius 3 is 2.44 bits per heavy atom. The number of fused-ring (bicyclic) bond motifs is 1. The van der Waals surface area contributed by atoms with Crippen molar-refractivity contribution in [3.8, 4) is 11.5 Å². The first-order chi connectivity index (χ1) is 11.9. The largest absolute Gasteiger partial charge is 0.508 e. The highest BCUT2D eigenvalue weighted by molar-refractivity contribution is 6.17. The standard InChI is InChI=1S/C20H21NO4/c1-12-18(20(23)13-5-7-14(24-4)8-6-13)19-15(11-21(2)3)16(22)9-10-17(19)25-12/h5-10,22H,11H2,1-4H3. The number of phenolic OH excluding ortho intramolecular Hbond substituents is 1. The van der Waals surface area contributed by atoms with Gasteiger partial charge in [0.2, 0.25) is 0 Å². The van der Waals surface area contributed by atoms with Crippen LogP contribution in [0.5, 0.6) is 11.5 Å². The Labute approximate surface area is 146 Å². The van der Waals surface area contributed by atoms with Gasteiger partial charge in [-0.05, 0) is 57.4 Å². The SMILES string of the molecule is COc1ccc(C(=O)c2c(C)oc3ccc(O)c(CN(C)C)c23)cc1. The van der Waals surface area contributed by atoms with Gasteiger partial charge in [0.25, 0.3) is 0 Å². The summed E-state index contributed by atoms with van der Waals surface area (Å²) in [6.45, 7) is 2.28. The molecule has 1 aromatic heterocycles. The highest BCUT2D eigenvalue weighted by atomic mass is 16.5. The van der Waals surface area contributed by atoms with Crippen LogP contribution in [-0.4, -0.2) is 37.0 Å². The highest BCUT2D eigenvalue weighted by Gasteiger charge is 2.23. The van der Waals surface area contributed by atoms with Crippen LogP contribution in [0.15, 0.2) is 40.8 Å². The fourth-order valence-corrected chi connectivity index (χ4v) is 3.00. The van der Waals surface area contributed by atoms with Crippen LogP contribution in [-0.2, 0) is 6.54 Å². The van der Waals surface area contributed by atoms with Gasteiger partial charge in [-0.15, -0.1) is 0 Å². The zero-order valence-electron chi connectivity index (χ0n) is 14.8. The van der Waals surface area contributed by atoms with Gasteiger partial charge in [0.1, 0.15) is 22.8 Å². The van der Waals surface area contributed by atoms with Crippen molar-refractivity contribution in [3.05, 3.63) is 58.8 Å². The molecule has 0 atom stereocenters. The van der Waals surface area contributed by atoms with Crippen LogP contribution in [0.25, 0.3) is 11.0 Å². The minimum Gasteiger partial charge on any atom is -0.508 e. The van der Waals surface area contributed by atoms with Crippen molar-refractivity contribution >= 4 is 16.8 Å². The van der Waals surface area contributed by atoms with Crippen LogP contribution in [0.4, 0.5) is 0 Å². The van der Waals surface area contributed by atoms with E-state index in [0.29, 0.717) is 45.7 Å². The van der Waals surface area contributed by atoms with Crippen LogP contribution in [0.2, 0.25) is 0 Å². The summed E-state index contributed by atoms with van der Waals surface area (Å²) in [5.41, 5.74) is 2.33. The van der Waals surface area contributed by atoms with Gasteiger partial charge in [-0.25, -0.2) is 0 Å². The van der Waals surface area contributed by atoms with Crippen molar-refractivity contribution in [1.82, 2.24) is 4.90 Å². The number of phenols is 1. The molecule has 0 saturated heterocycles. The Balaban J connectivity index is 2.18. The maximum Gasteiger partial charge on any atom is 0.197 e. The van der Waals surface area contributed by atoms with E-state index < -0.39 is 0 Å². The molecule has 0 amide bonds. The van der Waals surface area contributed by atoms with Crippen LogP contribution in [0.1, 0.15) is 27.2 Å². The predicted molar refractivity (Wildman–Crippen MR) is 96.4 cm³/mol. The lowest BCUT2D eigenvalue weighted by atomic mass is 9.97. The molecule has 0 unspecified atom stereocenters. The summed E-state index contributed by atoms with van der Waals surface area (Å²) in [5.74, 6) is 1.26. The zero-order chi connectivity index (χ0) is 18.1. The molecule has 2 aromatic carbocycles. The van der Waals surface area contributed by atoms with E-state index in [1.54, 1.807) is 50.4 Å². The number of hydrogen-bond acceptors (Lipinski definition) is 5. The Morgan fingerprint density at radius 1 is 1.16 bits per heavy atom. The van der Waals surface area contributed by atoms with Crippen LogP contribution in [0, 0.1) is 6.92 Å². The molecule has 0 aliphatic carbocycles. The van der Waals surface area contributed by atoms with Crippen LogP contribution < -0.4 is 4.74 Å². The average molecular weight is 339 g/mol. The molecule has 5 heteroatoms. The van der Waals surface area contributed by atoms with Crippen molar-refractivity contribution in [3.63, 3.8) is 0 Å². The third-order valence-corrected chi connectivity index (χ3v) is 4.17. The molecule has 1 N–H and O–H groups in total. The third kappa shape index (κ3) is 3.10. The fourth-order valence-electron chi connectivity index (χ4n) is 3.00. The monoisotopic (exact) mass is 339 g/mol. The molecule has 1 heterocycles. The first kappa shape index (κ1) is 17.0. The van der Waals surface area contributed by atoms with Gasteiger partial charge < -0.3 is 19.2 Å². The van der Waals surface area contributed by atoms with E-state index in [-0.39, 0.29) is 11.5 Å². The number of carbonyl (C=O) groups excluding carboxylic acids is 1. The molecule has 0 aliphatic rings. The summed E-state index contributed by atoms with van der Waals surface area (Å²) in [5, 5.41) is 11.0. The maximum absolute atomic E-state index is 13.1. The number of nitrogens with zero attached hydrogens (tertiary/aromatic N) is 1. The van der Waals surface area contributed by atoms with E-state index in [4.69, 9.17) is 9.15 Å². The number of rotatable bonds is 5. The molecule has 25 heavy (non-hydrogen) atoms. The van der Waals surface area contributed by atoms with E-state index in [2.05, 4.69) is 0 Å². The van der Waals surface area contributed by atoms with E-state index in [1.165, 1.54) is 0 Å². The highest BCUT2D eigenvalue weighted by Crippen LogP contribution is 2.35. The van der Waals surface area contributed by atoms with Crippen LogP contribution in [0.3, 0.4) is 0 Å². The summed E-state index contributed by atoms with van der Waals surface area (Å²) in [6.07, 6.45) is 0. The summed E-state index contributed by atoms with van der Waals surface area (Å²) >= 11 is 0.